The molecular weight excluding hydrogens is 378 g/mol. The number of aliphatic imine (C=N–C) groups is 1. The molecule has 0 aliphatic carbocycles. The summed E-state index contributed by atoms with van der Waals surface area (Å²) in [6.45, 7) is 10.8. The predicted octanol–water partition coefficient (Wildman–Crippen LogP) is 3.99. The lowest BCUT2D eigenvalue weighted by Crippen LogP contribution is -2.40. The normalized spacial score (nSPS) is 17.4. The molecule has 1 aliphatic rings. The van der Waals surface area contributed by atoms with Gasteiger partial charge in [-0.3, -0.25) is 0 Å². The first-order valence-electron chi connectivity index (χ1n) is 9.49. The number of hydrogen-bond acceptors (Lipinski definition) is 4. The third kappa shape index (κ3) is 5.59. The van der Waals surface area contributed by atoms with E-state index in [-0.39, 0.29) is 0 Å². The Labute approximate surface area is 170 Å². The van der Waals surface area contributed by atoms with Crippen LogP contribution in [0.25, 0.3) is 0 Å². The highest BCUT2D eigenvalue weighted by molar-refractivity contribution is 7.11. The van der Waals surface area contributed by atoms with Gasteiger partial charge < -0.3 is 15.5 Å². The van der Waals surface area contributed by atoms with E-state index in [2.05, 4.69) is 58.4 Å². The maximum atomic E-state index is 6.19. The molecule has 27 heavy (non-hydrogen) atoms. The van der Waals surface area contributed by atoms with Crippen LogP contribution in [0.1, 0.15) is 28.8 Å². The molecule has 0 spiro atoms. The highest BCUT2D eigenvalue weighted by Crippen LogP contribution is 2.29. The van der Waals surface area contributed by atoms with Crippen LogP contribution in [0.2, 0.25) is 5.02 Å². The fraction of sp³-hybridized carbons (Fsp3) is 0.500. The van der Waals surface area contributed by atoms with Crippen LogP contribution in [0.4, 0.5) is 5.69 Å². The zero-order valence-corrected chi connectivity index (χ0v) is 17.8. The Morgan fingerprint density at radius 1 is 1.37 bits per heavy atom. The second-order valence-corrected chi connectivity index (χ2v) is 8.73. The number of nitrogens with zero attached hydrogens (tertiary/aromatic N) is 3. The Morgan fingerprint density at radius 3 is 2.96 bits per heavy atom. The average molecular weight is 406 g/mol. The first-order chi connectivity index (χ1) is 13.0. The van der Waals surface area contributed by atoms with E-state index >= 15 is 0 Å². The fourth-order valence-electron chi connectivity index (χ4n) is 3.35. The molecule has 2 heterocycles. The molecular formula is C20H28ClN5S. The lowest BCUT2D eigenvalue weighted by Gasteiger charge is -2.21. The van der Waals surface area contributed by atoms with Crippen molar-refractivity contribution >= 4 is 34.6 Å². The molecule has 1 aliphatic heterocycles. The number of nitrogens with one attached hydrogen (secondary N) is 2. The number of aryl methyl sites for hydroxylation is 2. The Bertz CT molecular complexity index is 788. The van der Waals surface area contributed by atoms with Gasteiger partial charge in [-0.1, -0.05) is 17.7 Å². The molecule has 1 fully saturated rings. The van der Waals surface area contributed by atoms with Gasteiger partial charge in [-0.25, -0.2) is 9.98 Å². The molecule has 3 rings (SSSR count). The molecule has 146 valence electrons. The molecule has 1 aromatic carbocycles. The summed E-state index contributed by atoms with van der Waals surface area (Å²) in [5, 5.41) is 8.68. The minimum atomic E-state index is 0.592. The lowest BCUT2D eigenvalue weighted by molar-refractivity contribution is 0.565. The smallest absolute Gasteiger partial charge is 0.191 e. The van der Waals surface area contributed by atoms with E-state index in [0.29, 0.717) is 12.5 Å². The van der Waals surface area contributed by atoms with Gasteiger partial charge in [0.25, 0.3) is 0 Å². The first-order valence-corrected chi connectivity index (χ1v) is 10.7. The Hall–Kier alpha value is -1.79. The van der Waals surface area contributed by atoms with Crippen LogP contribution in [0.5, 0.6) is 0 Å². The summed E-state index contributed by atoms with van der Waals surface area (Å²) < 4.78 is 0. The molecule has 1 unspecified atom stereocenters. The Kier molecular flexibility index (Phi) is 6.96. The van der Waals surface area contributed by atoms with Crippen LogP contribution in [-0.2, 0) is 6.54 Å². The van der Waals surface area contributed by atoms with Gasteiger partial charge in [0.1, 0.15) is 5.01 Å². The maximum absolute atomic E-state index is 6.19. The highest BCUT2D eigenvalue weighted by Gasteiger charge is 2.24. The van der Waals surface area contributed by atoms with Crippen LogP contribution < -0.4 is 15.5 Å². The minimum absolute atomic E-state index is 0.592. The minimum Gasteiger partial charge on any atom is -0.371 e. The monoisotopic (exact) mass is 405 g/mol. The lowest BCUT2D eigenvalue weighted by atomic mass is 10.1. The third-order valence-corrected chi connectivity index (χ3v) is 5.87. The molecule has 1 atom stereocenters. The number of thiazole rings is 1. The van der Waals surface area contributed by atoms with Gasteiger partial charge >= 0.3 is 0 Å². The number of rotatable bonds is 6. The summed E-state index contributed by atoms with van der Waals surface area (Å²) in [6.07, 6.45) is 3.07. The Morgan fingerprint density at radius 2 is 2.22 bits per heavy atom. The second kappa shape index (κ2) is 9.42. The fourth-order valence-corrected chi connectivity index (χ4v) is 4.22. The van der Waals surface area contributed by atoms with Crippen molar-refractivity contribution in [2.24, 2.45) is 10.9 Å². The molecule has 5 nitrogen and oxygen atoms in total. The summed E-state index contributed by atoms with van der Waals surface area (Å²) in [5.41, 5.74) is 2.53. The zero-order chi connectivity index (χ0) is 19.2. The molecule has 0 radical (unpaired) electrons. The third-order valence-electron chi connectivity index (χ3n) is 4.74. The average Bonchev–Trinajstić information content (AvgIpc) is 3.28. The Balaban J connectivity index is 1.54. The molecule has 2 N–H and O–H groups in total. The van der Waals surface area contributed by atoms with E-state index in [0.717, 1.165) is 42.2 Å². The molecule has 1 saturated heterocycles. The molecule has 0 bridgehead atoms. The zero-order valence-electron chi connectivity index (χ0n) is 16.3. The van der Waals surface area contributed by atoms with Gasteiger partial charge in [0.15, 0.2) is 5.96 Å². The van der Waals surface area contributed by atoms with Crippen LogP contribution in [0.3, 0.4) is 0 Å². The van der Waals surface area contributed by atoms with E-state index in [1.54, 1.807) is 11.3 Å². The van der Waals surface area contributed by atoms with Crippen LogP contribution in [-0.4, -0.2) is 37.1 Å². The topological polar surface area (TPSA) is 52.6 Å². The van der Waals surface area contributed by atoms with Crippen LogP contribution in [0.15, 0.2) is 29.4 Å². The van der Waals surface area contributed by atoms with Gasteiger partial charge in [-0.15, -0.1) is 11.3 Å². The number of guanidine groups is 1. The standard InChI is InChI=1S/C20H28ClN5S/c1-4-22-20(25-12-19-23-10-15(3)27-19)24-11-16-7-8-26(13-16)18-9-17(21)6-5-14(18)2/h5-6,9-10,16H,4,7-8,11-13H2,1-3H3,(H2,22,24,25). The van der Waals surface area contributed by atoms with Crippen LogP contribution >= 0.6 is 22.9 Å². The molecule has 7 heteroatoms. The van der Waals surface area contributed by atoms with E-state index in [9.17, 15) is 0 Å². The molecule has 1 aromatic heterocycles. The summed E-state index contributed by atoms with van der Waals surface area (Å²) in [4.78, 5) is 12.7. The molecule has 2 aromatic rings. The van der Waals surface area contributed by atoms with Crippen molar-refractivity contribution in [1.82, 2.24) is 15.6 Å². The maximum Gasteiger partial charge on any atom is 0.191 e. The van der Waals surface area contributed by atoms with Crippen molar-refractivity contribution in [1.29, 1.82) is 0 Å². The van der Waals surface area contributed by atoms with Crippen molar-refractivity contribution in [3.8, 4) is 0 Å². The second-order valence-electron chi connectivity index (χ2n) is 6.97. The number of benzene rings is 1. The van der Waals surface area contributed by atoms with Crippen molar-refractivity contribution in [2.75, 3.05) is 31.1 Å². The highest BCUT2D eigenvalue weighted by atomic mass is 35.5. The summed E-state index contributed by atoms with van der Waals surface area (Å²) in [7, 11) is 0. The van der Waals surface area contributed by atoms with Gasteiger partial charge in [-0.2, -0.15) is 0 Å². The van der Waals surface area contributed by atoms with Crippen LogP contribution in [0, 0.1) is 19.8 Å². The molecule has 0 saturated carbocycles. The summed E-state index contributed by atoms with van der Waals surface area (Å²) in [5.74, 6) is 1.46. The predicted molar refractivity (Wildman–Crippen MR) is 116 cm³/mol. The van der Waals surface area contributed by atoms with Gasteiger partial charge in [0.05, 0.1) is 6.54 Å². The number of aromatic nitrogens is 1. The number of hydrogen-bond donors (Lipinski definition) is 2. The van der Waals surface area contributed by atoms with E-state index in [4.69, 9.17) is 11.6 Å². The van der Waals surface area contributed by atoms with Gasteiger partial charge in [0, 0.05) is 48.0 Å². The van der Waals surface area contributed by atoms with Crippen molar-refractivity contribution in [2.45, 2.75) is 33.7 Å². The summed E-state index contributed by atoms with van der Waals surface area (Å²) >= 11 is 7.89. The molecule has 0 amide bonds. The number of halogens is 1. The quantitative estimate of drug-likeness (QED) is 0.563. The van der Waals surface area contributed by atoms with Crippen molar-refractivity contribution in [3.63, 3.8) is 0 Å². The van der Waals surface area contributed by atoms with E-state index in [1.165, 1.54) is 22.5 Å². The largest absolute Gasteiger partial charge is 0.371 e. The SMILES string of the molecule is CCNC(=NCc1ncc(C)s1)NCC1CCN(c2cc(Cl)ccc2C)C1. The number of anilines is 1. The summed E-state index contributed by atoms with van der Waals surface area (Å²) in [6, 6.07) is 6.13. The van der Waals surface area contributed by atoms with Gasteiger partial charge in [-0.05, 0) is 50.8 Å². The van der Waals surface area contributed by atoms with Gasteiger partial charge in [0.2, 0.25) is 0 Å². The van der Waals surface area contributed by atoms with Crippen molar-refractivity contribution in [3.05, 3.63) is 44.9 Å². The van der Waals surface area contributed by atoms with E-state index in [1.807, 2.05) is 12.3 Å². The first kappa shape index (κ1) is 20.0. The van der Waals surface area contributed by atoms with E-state index < -0.39 is 0 Å². The van der Waals surface area contributed by atoms with Crippen molar-refractivity contribution < 1.29 is 0 Å².